The molecule has 30 heavy (non-hydrogen) atoms. The molecule has 1 amide bonds. The first-order valence-electron chi connectivity index (χ1n) is 9.47. The summed E-state index contributed by atoms with van der Waals surface area (Å²) in [5, 5.41) is 10.3. The van der Waals surface area contributed by atoms with Gasteiger partial charge in [0.25, 0.3) is 5.91 Å². The maximum absolute atomic E-state index is 15.0. The van der Waals surface area contributed by atoms with Crippen LogP contribution in [0.2, 0.25) is 5.02 Å². The summed E-state index contributed by atoms with van der Waals surface area (Å²) < 4.78 is 30.4. The van der Waals surface area contributed by atoms with Crippen LogP contribution in [0.4, 0.5) is 8.78 Å². The quantitative estimate of drug-likeness (QED) is 0.570. The Morgan fingerprint density at radius 2 is 1.87 bits per heavy atom. The molecule has 3 aromatic rings. The molecule has 0 bridgehead atoms. The van der Waals surface area contributed by atoms with E-state index in [1.807, 2.05) is 6.92 Å². The summed E-state index contributed by atoms with van der Waals surface area (Å²) in [4.78, 5) is 24.5. The van der Waals surface area contributed by atoms with Crippen LogP contribution in [-0.4, -0.2) is 21.5 Å². The van der Waals surface area contributed by atoms with E-state index < -0.39 is 29.2 Å². The highest BCUT2D eigenvalue weighted by Crippen LogP contribution is 2.41. The number of hydrogen-bond acceptors (Lipinski definition) is 3. The topological polar surface area (TPSA) is 85.3 Å². The van der Waals surface area contributed by atoms with E-state index in [1.165, 1.54) is 16.7 Å². The third-order valence-electron chi connectivity index (χ3n) is 5.34. The lowest BCUT2D eigenvalue weighted by Gasteiger charge is -2.16. The van der Waals surface area contributed by atoms with E-state index in [2.05, 4.69) is 0 Å². The van der Waals surface area contributed by atoms with Gasteiger partial charge in [0, 0.05) is 34.2 Å². The van der Waals surface area contributed by atoms with Crippen molar-refractivity contribution in [2.24, 2.45) is 5.73 Å². The first-order valence-corrected chi connectivity index (χ1v) is 9.85. The number of aromatic hydroxyl groups is 1. The summed E-state index contributed by atoms with van der Waals surface area (Å²) in [7, 11) is 0. The minimum Gasteiger partial charge on any atom is -0.503 e. The molecule has 0 saturated carbocycles. The number of nitrogens with zero attached hydrogens (tertiary/aromatic N) is 1. The van der Waals surface area contributed by atoms with Crippen LogP contribution >= 0.6 is 11.6 Å². The Hall–Kier alpha value is -2.93. The minimum atomic E-state index is -1.17. The lowest BCUT2D eigenvalue weighted by molar-refractivity contribution is -0.118. The zero-order valence-corrected chi connectivity index (χ0v) is 17.3. The molecule has 5 nitrogen and oxygen atoms in total. The molecular formula is C22H21ClF2N2O3. The van der Waals surface area contributed by atoms with Crippen LogP contribution in [0.3, 0.4) is 0 Å². The van der Waals surface area contributed by atoms with Crippen molar-refractivity contribution in [3.05, 3.63) is 63.8 Å². The number of hydrogen-bond donors (Lipinski definition) is 2. The molecule has 3 N–H and O–H groups in total. The molecule has 3 rings (SSSR count). The Kier molecular flexibility index (Phi) is 6.12. The van der Waals surface area contributed by atoms with Gasteiger partial charge in [0.05, 0.1) is 5.52 Å². The van der Waals surface area contributed by atoms with Crippen molar-refractivity contribution in [1.29, 1.82) is 0 Å². The molecule has 0 fully saturated rings. The Morgan fingerprint density at radius 3 is 2.43 bits per heavy atom. The highest BCUT2D eigenvalue weighted by Gasteiger charge is 2.29. The zero-order chi connectivity index (χ0) is 22.2. The number of primary amides is 1. The number of rotatable bonds is 6. The average molecular weight is 435 g/mol. The molecule has 0 aliphatic rings. The largest absolute Gasteiger partial charge is 0.503 e. The third kappa shape index (κ3) is 3.77. The van der Waals surface area contributed by atoms with Gasteiger partial charge in [0.15, 0.2) is 17.4 Å². The predicted molar refractivity (Wildman–Crippen MR) is 111 cm³/mol. The number of halogens is 3. The van der Waals surface area contributed by atoms with E-state index in [1.54, 1.807) is 19.1 Å². The van der Waals surface area contributed by atoms with Crippen LogP contribution in [0.5, 0.6) is 5.75 Å². The van der Waals surface area contributed by atoms with Gasteiger partial charge < -0.3 is 10.8 Å². The smallest absolute Gasteiger partial charge is 0.262 e. The van der Waals surface area contributed by atoms with E-state index in [0.29, 0.717) is 29.1 Å². The molecule has 1 heterocycles. The second-order valence-corrected chi connectivity index (χ2v) is 7.61. The molecule has 0 aliphatic heterocycles. The van der Waals surface area contributed by atoms with Gasteiger partial charge in [-0.3, -0.25) is 14.2 Å². The summed E-state index contributed by atoms with van der Waals surface area (Å²) in [6.45, 7) is 3.49. The first kappa shape index (κ1) is 21.8. The molecule has 0 spiro atoms. The van der Waals surface area contributed by atoms with E-state index in [-0.39, 0.29) is 28.8 Å². The van der Waals surface area contributed by atoms with Crippen LogP contribution in [-0.2, 0) is 4.79 Å². The fourth-order valence-electron chi connectivity index (χ4n) is 3.86. The number of carbonyl (C=O) groups is 2. The Balaban J connectivity index is 2.30. The number of aromatic nitrogens is 1. The van der Waals surface area contributed by atoms with E-state index in [9.17, 15) is 19.1 Å². The van der Waals surface area contributed by atoms with Crippen molar-refractivity contribution in [3.8, 4) is 5.75 Å². The normalized spacial score (nSPS) is 12.3. The van der Waals surface area contributed by atoms with Crippen molar-refractivity contribution < 1.29 is 23.5 Å². The maximum atomic E-state index is 15.0. The van der Waals surface area contributed by atoms with Crippen molar-refractivity contribution in [1.82, 2.24) is 4.57 Å². The number of benzene rings is 2. The molecule has 1 aromatic heterocycles. The van der Waals surface area contributed by atoms with Crippen LogP contribution in [0, 0.1) is 18.6 Å². The van der Waals surface area contributed by atoms with E-state index >= 15 is 4.39 Å². The molecule has 1 atom stereocenters. The molecule has 0 aliphatic carbocycles. The maximum Gasteiger partial charge on any atom is 0.262 e. The Bertz CT molecular complexity index is 1140. The fraction of sp³-hybridized carbons (Fsp3) is 0.273. The van der Waals surface area contributed by atoms with Crippen LogP contribution < -0.4 is 5.73 Å². The molecule has 0 unspecified atom stereocenters. The lowest BCUT2D eigenvalue weighted by atomic mass is 9.89. The summed E-state index contributed by atoms with van der Waals surface area (Å²) in [6, 6.07) is 7.08. The molecule has 2 aromatic carbocycles. The Labute approximate surface area is 177 Å². The van der Waals surface area contributed by atoms with Gasteiger partial charge in [0.1, 0.15) is 0 Å². The van der Waals surface area contributed by atoms with Crippen molar-refractivity contribution in [2.75, 3.05) is 0 Å². The number of nitrogens with two attached hydrogens (primary N) is 1. The molecule has 0 saturated heterocycles. The van der Waals surface area contributed by atoms with E-state index in [0.717, 1.165) is 6.07 Å². The third-order valence-corrected chi connectivity index (χ3v) is 5.60. The minimum absolute atomic E-state index is 0.00720. The summed E-state index contributed by atoms with van der Waals surface area (Å²) in [5.41, 5.74) is 6.41. The van der Waals surface area contributed by atoms with Crippen molar-refractivity contribution in [2.45, 2.75) is 39.0 Å². The van der Waals surface area contributed by atoms with Crippen molar-refractivity contribution >= 4 is 34.3 Å². The molecule has 0 radical (unpaired) electrons. The van der Waals surface area contributed by atoms with Crippen LogP contribution in [0.1, 0.15) is 53.7 Å². The van der Waals surface area contributed by atoms with Gasteiger partial charge in [-0.25, -0.2) is 8.78 Å². The number of phenolic OH excluding ortho intramolecular Hbond substituents is 1. The Morgan fingerprint density at radius 1 is 1.23 bits per heavy atom. The van der Waals surface area contributed by atoms with Crippen LogP contribution in [0.15, 0.2) is 30.3 Å². The summed E-state index contributed by atoms with van der Waals surface area (Å²) >= 11 is 5.89. The first-order chi connectivity index (χ1) is 14.2. The second kappa shape index (κ2) is 8.44. The number of amides is 1. The predicted octanol–water partition coefficient (Wildman–Crippen LogP) is 5.03. The van der Waals surface area contributed by atoms with Gasteiger partial charge in [-0.05, 0) is 55.5 Å². The number of phenols is 1. The van der Waals surface area contributed by atoms with Gasteiger partial charge in [-0.15, -0.1) is 0 Å². The highest BCUT2D eigenvalue weighted by atomic mass is 35.5. The second-order valence-electron chi connectivity index (χ2n) is 7.17. The average Bonchev–Trinajstić information content (AvgIpc) is 2.98. The monoisotopic (exact) mass is 434 g/mol. The zero-order valence-electron chi connectivity index (χ0n) is 16.5. The van der Waals surface area contributed by atoms with Gasteiger partial charge >= 0.3 is 0 Å². The van der Waals surface area contributed by atoms with Gasteiger partial charge in [-0.2, -0.15) is 0 Å². The molecule has 8 heteroatoms. The highest BCUT2D eigenvalue weighted by molar-refractivity contribution is 6.30. The number of carbonyl (C=O) groups excluding carboxylic acids is 2. The lowest BCUT2D eigenvalue weighted by Crippen LogP contribution is -2.15. The van der Waals surface area contributed by atoms with Gasteiger partial charge in [-0.1, -0.05) is 18.5 Å². The van der Waals surface area contributed by atoms with Crippen molar-refractivity contribution in [3.63, 3.8) is 0 Å². The summed E-state index contributed by atoms with van der Waals surface area (Å²) in [5.74, 6) is -4.72. The SMILES string of the molecule is CC[C@@H](CCC(N)=O)c1c(C)n(C(=O)c2ccc(Cl)cc2)c2cc(F)c(O)c(F)c12. The van der Waals surface area contributed by atoms with Crippen LogP contribution in [0.25, 0.3) is 10.9 Å². The van der Waals surface area contributed by atoms with E-state index in [4.69, 9.17) is 17.3 Å². The van der Waals surface area contributed by atoms with Gasteiger partial charge in [0.2, 0.25) is 5.91 Å². The molecular weight excluding hydrogens is 414 g/mol. The number of fused-ring (bicyclic) bond motifs is 1. The standard InChI is InChI=1S/C22H21ClF2N2O3/c1-3-12(6-9-17(26)28)18-11(2)27(22(30)13-4-7-14(23)8-5-13)16-10-15(24)21(29)20(25)19(16)18/h4-5,7-8,10,12,29H,3,6,9H2,1-2H3,(H2,26,28)/t12-/m0/s1. The molecule has 158 valence electrons. The fourth-order valence-corrected chi connectivity index (χ4v) is 3.99. The summed E-state index contributed by atoms with van der Waals surface area (Å²) in [6.07, 6.45) is 0.934.